The van der Waals surface area contributed by atoms with E-state index in [1.807, 2.05) is 0 Å². The standard InChI is InChI=1S/C25H32Cl2N6O3/c1-5-32(16-6-8-29-9-7-16)10-11-33-23-15(14-30-25(28-2)31-23)12-17(24(33)34)20-21(26)18(35-3)13-19(36-4)22(20)27/h12-14,16,29H,5-11H2,1-4H3,(H,28,30,31). The van der Waals surface area contributed by atoms with Crippen LogP contribution in [0, 0.1) is 0 Å². The van der Waals surface area contributed by atoms with Gasteiger partial charge in [-0.25, -0.2) is 4.98 Å². The van der Waals surface area contributed by atoms with E-state index in [1.165, 1.54) is 14.2 Å². The summed E-state index contributed by atoms with van der Waals surface area (Å²) in [5.41, 5.74) is 0.995. The Morgan fingerprint density at radius 2 is 1.83 bits per heavy atom. The largest absolute Gasteiger partial charge is 0.495 e. The van der Waals surface area contributed by atoms with Crippen LogP contribution in [-0.4, -0.2) is 72.9 Å². The molecule has 0 saturated carbocycles. The maximum Gasteiger partial charge on any atom is 0.260 e. The van der Waals surface area contributed by atoms with E-state index in [0.29, 0.717) is 58.7 Å². The summed E-state index contributed by atoms with van der Waals surface area (Å²) in [5, 5.41) is 7.55. The topological polar surface area (TPSA) is 93.5 Å². The summed E-state index contributed by atoms with van der Waals surface area (Å²) in [6, 6.07) is 3.81. The van der Waals surface area contributed by atoms with Crippen LogP contribution < -0.4 is 25.7 Å². The fourth-order valence-corrected chi connectivity index (χ4v) is 5.49. The molecule has 4 rings (SSSR count). The Morgan fingerprint density at radius 3 is 2.42 bits per heavy atom. The average molecular weight is 535 g/mol. The zero-order valence-electron chi connectivity index (χ0n) is 21.0. The predicted octanol–water partition coefficient (Wildman–Crippen LogP) is 3.90. The number of rotatable bonds is 9. The molecule has 0 bridgehead atoms. The van der Waals surface area contributed by atoms with Crippen LogP contribution in [0.2, 0.25) is 10.0 Å². The van der Waals surface area contributed by atoms with Gasteiger partial charge in [-0.3, -0.25) is 14.3 Å². The summed E-state index contributed by atoms with van der Waals surface area (Å²) in [6.45, 7) is 6.24. The molecule has 0 atom stereocenters. The number of nitrogens with zero attached hydrogens (tertiary/aromatic N) is 4. The first-order valence-corrected chi connectivity index (χ1v) is 12.8. The molecule has 11 heteroatoms. The molecule has 0 unspecified atom stereocenters. The fraction of sp³-hybridized carbons (Fsp3) is 0.480. The number of aromatic nitrogens is 3. The van der Waals surface area contributed by atoms with E-state index in [0.717, 1.165) is 32.5 Å². The molecule has 3 heterocycles. The van der Waals surface area contributed by atoms with Gasteiger partial charge >= 0.3 is 0 Å². The second-order valence-electron chi connectivity index (χ2n) is 8.63. The number of hydrogen-bond acceptors (Lipinski definition) is 8. The summed E-state index contributed by atoms with van der Waals surface area (Å²) in [6.07, 6.45) is 3.87. The number of piperidine rings is 1. The number of fused-ring (bicyclic) bond motifs is 1. The van der Waals surface area contributed by atoms with E-state index in [2.05, 4.69) is 32.4 Å². The van der Waals surface area contributed by atoms with E-state index in [9.17, 15) is 4.79 Å². The second kappa shape index (κ2) is 11.6. The number of halogens is 2. The van der Waals surface area contributed by atoms with E-state index < -0.39 is 0 Å². The third kappa shape index (κ3) is 5.11. The van der Waals surface area contributed by atoms with Crippen molar-refractivity contribution in [3.63, 3.8) is 0 Å². The van der Waals surface area contributed by atoms with Crippen molar-refractivity contribution in [3.8, 4) is 22.6 Å². The van der Waals surface area contributed by atoms with Crippen molar-refractivity contribution in [3.05, 3.63) is 38.7 Å². The van der Waals surface area contributed by atoms with Crippen molar-refractivity contribution < 1.29 is 9.47 Å². The highest BCUT2D eigenvalue weighted by Crippen LogP contribution is 2.45. The molecule has 0 aliphatic carbocycles. The molecule has 0 radical (unpaired) electrons. The van der Waals surface area contributed by atoms with E-state index >= 15 is 0 Å². The lowest BCUT2D eigenvalue weighted by Gasteiger charge is -2.34. The van der Waals surface area contributed by atoms with Gasteiger partial charge in [0.15, 0.2) is 0 Å². The van der Waals surface area contributed by atoms with Gasteiger partial charge in [0.25, 0.3) is 5.56 Å². The van der Waals surface area contributed by atoms with Gasteiger partial charge in [0, 0.05) is 49.4 Å². The predicted molar refractivity (Wildman–Crippen MR) is 145 cm³/mol. The molecule has 1 fully saturated rings. The highest BCUT2D eigenvalue weighted by molar-refractivity contribution is 6.41. The number of hydrogen-bond donors (Lipinski definition) is 2. The van der Waals surface area contributed by atoms with E-state index in [-0.39, 0.29) is 15.6 Å². The molecule has 1 aliphatic rings. The summed E-state index contributed by atoms with van der Waals surface area (Å²) in [7, 11) is 4.75. The third-order valence-corrected chi connectivity index (χ3v) is 7.49. The van der Waals surface area contributed by atoms with Crippen LogP contribution in [0.25, 0.3) is 22.2 Å². The smallest absolute Gasteiger partial charge is 0.260 e. The van der Waals surface area contributed by atoms with Gasteiger partial charge in [-0.1, -0.05) is 30.1 Å². The van der Waals surface area contributed by atoms with Crippen LogP contribution in [0.5, 0.6) is 11.5 Å². The van der Waals surface area contributed by atoms with Crippen molar-refractivity contribution in [1.29, 1.82) is 0 Å². The van der Waals surface area contributed by atoms with Gasteiger partial charge in [0.2, 0.25) is 5.95 Å². The van der Waals surface area contributed by atoms with E-state index in [4.69, 9.17) is 32.7 Å². The Morgan fingerprint density at radius 1 is 1.17 bits per heavy atom. The lowest BCUT2D eigenvalue weighted by molar-refractivity contribution is 0.164. The Hall–Kier alpha value is -2.59. The third-order valence-electron chi connectivity index (χ3n) is 6.74. The molecule has 1 aromatic carbocycles. The first-order valence-electron chi connectivity index (χ1n) is 12.1. The molecule has 1 saturated heterocycles. The number of likely N-dealkylation sites (N-methyl/N-ethyl adjacent to an activating group) is 1. The van der Waals surface area contributed by atoms with Crippen LogP contribution in [-0.2, 0) is 6.54 Å². The maximum atomic E-state index is 14.0. The minimum atomic E-state index is -0.247. The highest BCUT2D eigenvalue weighted by atomic mass is 35.5. The Bertz CT molecular complexity index is 1270. The summed E-state index contributed by atoms with van der Waals surface area (Å²) < 4.78 is 12.5. The zero-order chi connectivity index (χ0) is 25.8. The molecule has 194 valence electrons. The molecular weight excluding hydrogens is 503 g/mol. The molecule has 2 N–H and O–H groups in total. The Labute approximate surface area is 220 Å². The zero-order valence-corrected chi connectivity index (χ0v) is 22.5. The van der Waals surface area contributed by atoms with Crippen molar-refractivity contribution >= 4 is 40.2 Å². The van der Waals surface area contributed by atoms with Crippen LogP contribution in [0.4, 0.5) is 5.95 Å². The molecule has 3 aromatic rings. The van der Waals surface area contributed by atoms with Gasteiger partial charge in [-0.05, 0) is 38.5 Å². The second-order valence-corrected chi connectivity index (χ2v) is 9.39. The lowest BCUT2D eigenvalue weighted by Crippen LogP contribution is -2.44. The number of pyridine rings is 1. The highest BCUT2D eigenvalue weighted by Gasteiger charge is 2.24. The molecule has 1 aliphatic heterocycles. The Kier molecular flexibility index (Phi) is 8.56. The fourth-order valence-electron chi connectivity index (χ4n) is 4.79. The maximum absolute atomic E-state index is 14.0. The lowest BCUT2D eigenvalue weighted by atomic mass is 10.0. The summed E-state index contributed by atoms with van der Waals surface area (Å²) >= 11 is 13.4. The van der Waals surface area contributed by atoms with Gasteiger partial charge in [-0.15, -0.1) is 0 Å². The first kappa shape index (κ1) is 26.5. The van der Waals surface area contributed by atoms with Crippen LogP contribution in [0.15, 0.2) is 23.1 Å². The first-order chi connectivity index (χ1) is 17.4. The molecule has 9 nitrogen and oxygen atoms in total. The summed E-state index contributed by atoms with van der Waals surface area (Å²) in [5.74, 6) is 1.17. The number of benzene rings is 1. The molecular formula is C25H32Cl2N6O3. The minimum Gasteiger partial charge on any atom is -0.495 e. The summed E-state index contributed by atoms with van der Waals surface area (Å²) in [4.78, 5) is 25.4. The molecule has 0 spiro atoms. The van der Waals surface area contributed by atoms with Crippen LogP contribution in [0.3, 0.4) is 0 Å². The minimum absolute atomic E-state index is 0.240. The SMILES string of the molecule is CCN(CCn1c(=O)c(-c2c(Cl)c(OC)cc(OC)c2Cl)cc2cnc(NC)nc21)C1CCNCC1. The van der Waals surface area contributed by atoms with Gasteiger partial charge in [0.05, 0.1) is 29.8 Å². The number of ether oxygens (including phenoxy) is 2. The monoisotopic (exact) mass is 534 g/mol. The number of methoxy groups -OCH3 is 2. The van der Waals surface area contributed by atoms with E-state index in [1.54, 1.807) is 29.9 Å². The van der Waals surface area contributed by atoms with Crippen LogP contribution in [0.1, 0.15) is 19.8 Å². The van der Waals surface area contributed by atoms with Crippen molar-refractivity contribution in [2.75, 3.05) is 52.8 Å². The Balaban J connectivity index is 1.87. The number of nitrogens with one attached hydrogen (secondary N) is 2. The van der Waals surface area contributed by atoms with Crippen molar-refractivity contribution in [1.82, 2.24) is 24.8 Å². The quantitative estimate of drug-likeness (QED) is 0.426. The molecule has 2 aromatic heterocycles. The normalized spacial score (nSPS) is 14.4. The number of anilines is 1. The van der Waals surface area contributed by atoms with Gasteiger partial charge in [0.1, 0.15) is 17.1 Å². The van der Waals surface area contributed by atoms with Crippen molar-refractivity contribution in [2.45, 2.75) is 32.4 Å². The molecule has 0 amide bonds. The van der Waals surface area contributed by atoms with Crippen molar-refractivity contribution in [2.24, 2.45) is 0 Å². The van der Waals surface area contributed by atoms with Gasteiger partial charge < -0.3 is 20.1 Å². The van der Waals surface area contributed by atoms with Gasteiger partial charge in [-0.2, -0.15) is 4.98 Å². The molecule has 36 heavy (non-hydrogen) atoms. The van der Waals surface area contributed by atoms with Crippen LogP contribution >= 0.6 is 23.2 Å². The average Bonchev–Trinajstić information content (AvgIpc) is 2.91.